The molecule has 0 amide bonds. The molecule has 0 N–H and O–H groups in total. The van der Waals surface area contributed by atoms with Crippen LogP contribution in [0.2, 0.25) is 0 Å². The minimum absolute atomic E-state index is 0.183. The zero-order valence-corrected chi connectivity index (χ0v) is 12.0. The first-order valence-electron chi connectivity index (χ1n) is 6.82. The zero-order valence-electron chi connectivity index (χ0n) is 11.1. The molecule has 0 bridgehead atoms. The van der Waals surface area contributed by atoms with Gasteiger partial charge < -0.3 is 9.94 Å². The lowest BCUT2D eigenvalue weighted by atomic mass is 9.93. The molecule has 2 atom stereocenters. The molecule has 0 aliphatic carbocycles. The van der Waals surface area contributed by atoms with Crippen molar-refractivity contribution in [3.05, 3.63) is 65.5 Å². The van der Waals surface area contributed by atoms with Gasteiger partial charge in [0.1, 0.15) is 0 Å². The van der Waals surface area contributed by atoms with Gasteiger partial charge in [0, 0.05) is 30.4 Å². The summed E-state index contributed by atoms with van der Waals surface area (Å²) in [5.74, 6) is 1.25. The zero-order chi connectivity index (χ0) is 13.8. The number of rotatable bonds is 4. The first kappa shape index (κ1) is 13.5. The van der Waals surface area contributed by atoms with Crippen LogP contribution >= 0.6 is 11.8 Å². The second-order valence-corrected chi connectivity index (χ2v) is 5.93. The minimum atomic E-state index is 0.183. The van der Waals surface area contributed by atoms with Gasteiger partial charge in [-0.15, -0.1) is 0 Å². The number of aromatic nitrogens is 1. The van der Waals surface area contributed by atoms with E-state index in [9.17, 15) is 5.21 Å². The Balaban J connectivity index is 1.67. The second-order valence-electron chi connectivity index (χ2n) is 4.89. The van der Waals surface area contributed by atoms with Crippen molar-refractivity contribution >= 4 is 11.8 Å². The maximum absolute atomic E-state index is 11.6. The van der Waals surface area contributed by atoms with E-state index in [-0.39, 0.29) is 6.10 Å². The normalized spacial score (nSPS) is 22.0. The maximum atomic E-state index is 11.6. The van der Waals surface area contributed by atoms with Gasteiger partial charge in [0.2, 0.25) is 0 Å². The molecule has 0 spiro atoms. The Hall–Kier alpha value is -1.52. The summed E-state index contributed by atoms with van der Waals surface area (Å²) in [5.41, 5.74) is 1.33. The van der Waals surface area contributed by atoms with Gasteiger partial charge in [-0.3, -0.25) is 0 Å². The van der Waals surface area contributed by atoms with Gasteiger partial charge in [0.25, 0.3) is 5.03 Å². The summed E-state index contributed by atoms with van der Waals surface area (Å²) >= 11 is 1.57. The van der Waals surface area contributed by atoms with Crippen molar-refractivity contribution in [1.29, 1.82) is 0 Å². The number of hydrogen-bond acceptors (Lipinski definition) is 3. The maximum Gasteiger partial charge on any atom is 0.251 e. The highest BCUT2D eigenvalue weighted by atomic mass is 32.2. The molecule has 20 heavy (non-hydrogen) atoms. The third kappa shape index (κ3) is 2.97. The Morgan fingerprint density at radius 3 is 2.75 bits per heavy atom. The van der Waals surface area contributed by atoms with Crippen molar-refractivity contribution < 1.29 is 9.47 Å². The van der Waals surface area contributed by atoms with Crippen LogP contribution < -0.4 is 4.73 Å². The summed E-state index contributed by atoms with van der Waals surface area (Å²) in [5, 5.41) is 12.4. The Labute approximate surface area is 123 Å². The molecule has 4 heteroatoms. The fourth-order valence-corrected chi connectivity index (χ4v) is 3.61. The van der Waals surface area contributed by atoms with Crippen LogP contribution in [0.4, 0.5) is 0 Å². The summed E-state index contributed by atoms with van der Waals surface area (Å²) in [4.78, 5) is 0. The number of benzene rings is 1. The van der Waals surface area contributed by atoms with E-state index in [4.69, 9.17) is 4.74 Å². The summed E-state index contributed by atoms with van der Waals surface area (Å²) in [6.07, 6.45) is 2.77. The summed E-state index contributed by atoms with van der Waals surface area (Å²) in [6.45, 7) is 0.803. The molecule has 2 heterocycles. The smallest absolute Gasteiger partial charge is 0.251 e. The van der Waals surface area contributed by atoms with Crippen LogP contribution in [0.1, 0.15) is 17.9 Å². The Morgan fingerprint density at radius 2 is 1.95 bits per heavy atom. The molecule has 0 saturated carbocycles. The second kappa shape index (κ2) is 6.29. The Bertz CT molecular complexity index is 561. The molecular weight excluding hydrogens is 270 g/mol. The van der Waals surface area contributed by atoms with E-state index in [1.165, 1.54) is 11.8 Å². The molecule has 1 aromatic carbocycles. The van der Waals surface area contributed by atoms with E-state index in [1.807, 2.05) is 18.2 Å². The predicted octanol–water partition coefficient (Wildman–Crippen LogP) is 2.98. The third-order valence-corrected chi connectivity index (χ3v) is 4.73. The fraction of sp³-hybridized carbons (Fsp3) is 0.312. The van der Waals surface area contributed by atoms with Crippen molar-refractivity contribution in [2.75, 3.05) is 12.4 Å². The Morgan fingerprint density at radius 1 is 1.15 bits per heavy atom. The number of thioether (sulfide) groups is 1. The molecular formula is C16H17NO2S. The fourth-order valence-electron chi connectivity index (χ4n) is 2.59. The van der Waals surface area contributed by atoms with E-state index in [0.29, 0.717) is 5.92 Å². The molecule has 1 aliphatic rings. The van der Waals surface area contributed by atoms with Crippen molar-refractivity contribution in [2.24, 2.45) is 0 Å². The average molecular weight is 287 g/mol. The van der Waals surface area contributed by atoms with Gasteiger partial charge in [-0.25, -0.2) is 0 Å². The SMILES string of the molecule is [O-][n+]1ccccc1SC[C@H]1OCC[C@@H]1c1ccccc1. The lowest BCUT2D eigenvalue weighted by Gasteiger charge is -2.18. The topological polar surface area (TPSA) is 36.2 Å². The molecule has 1 aliphatic heterocycles. The lowest BCUT2D eigenvalue weighted by molar-refractivity contribution is -0.645. The highest BCUT2D eigenvalue weighted by molar-refractivity contribution is 7.99. The minimum Gasteiger partial charge on any atom is -0.618 e. The van der Waals surface area contributed by atoms with Crippen LogP contribution in [0, 0.1) is 5.21 Å². The molecule has 0 unspecified atom stereocenters. The van der Waals surface area contributed by atoms with Crippen molar-refractivity contribution in [3.8, 4) is 0 Å². The van der Waals surface area contributed by atoms with Crippen LogP contribution in [0.25, 0.3) is 0 Å². The van der Waals surface area contributed by atoms with Gasteiger partial charge >= 0.3 is 0 Å². The molecule has 1 fully saturated rings. The third-order valence-electron chi connectivity index (χ3n) is 3.62. The number of ether oxygens (including phenoxy) is 1. The average Bonchev–Trinajstić information content (AvgIpc) is 2.96. The highest BCUT2D eigenvalue weighted by Crippen LogP contribution is 2.34. The van der Waals surface area contributed by atoms with Crippen LogP contribution in [0.5, 0.6) is 0 Å². The first-order chi connectivity index (χ1) is 9.84. The van der Waals surface area contributed by atoms with Crippen LogP contribution in [-0.2, 0) is 4.74 Å². The van der Waals surface area contributed by atoms with Gasteiger partial charge in [-0.05, 0) is 18.1 Å². The molecule has 1 saturated heterocycles. The monoisotopic (exact) mass is 287 g/mol. The number of hydrogen-bond donors (Lipinski definition) is 0. The number of pyridine rings is 1. The predicted molar refractivity (Wildman–Crippen MR) is 79.7 cm³/mol. The van der Waals surface area contributed by atoms with Crippen molar-refractivity contribution in [3.63, 3.8) is 0 Å². The largest absolute Gasteiger partial charge is 0.618 e. The highest BCUT2D eigenvalue weighted by Gasteiger charge is 2.30. The summed E-state index contributed by atoms with van der Waals surface area (Å²) in [6, 6.07) is 16.0. The van der Waals surface area contributed by atoms with Gasteiger partial charge in [0.15, 0.2) is 6.20 Å². The standard InChI is InChI=1S/C16H17NO2S/c18-17-10-5-4-8-16(17)20-12-15-14(9-11-19-15)13-6-2-1-3-7-13/h1-8,10,14-15H,9,11-12H2/t14-,15-/m1/s1. The summed E-state index contributed by atoms with van der Waals surface area (Å²) < 4.78 is 6.76. The van der Waals surface area contributed by atoms with Gasteiger partial charge in [-0.1, -0.05) is 42.1 Å². The molecule has 1 aromatic heterocycles. The van der Waals surface area contributed by atoms with Crippen LogP contribution in [0.15, 0.2) is 59.8 Å². The lowest BCUT2D eigenvalue weighted by Crippen LogP contribution is -2.28. The van der Waals surface area contributed by atoms with Gasteiger partial charge in [-0.2, -0.15) is 4.73 Å². The molecule has 0 radical (unpaired) electrons. The number of nitrogens with zero attached hydrogens (tertiary/aromatic N) is 1. The van der Waals surface area contributed by atoms with E-state index in [1.54, 1.807) is 17.8 Å². The van der Waals surface area contributed by atoms with Crippen molar-refractivity contribution in [2.45, 2.75) is 23.5 Å². The molecule has 3 nitrogen and oxygen atoms in total. The van der Waals surface area contributed by atoms with Crippen LogP contribution in [0.3, 0.4) is 0 Å². The van der Waals surface area contributed by atoms with E-state index in [0.717, 1.165) is 28.5 Å². The molecule has 3 rings (SSSR count). The van der Waals surface area contributed by atoms with Crippen LogP contribution in [-0.4, -0.2) is 18.5 Å². The quantitative estimate of drug-likeness (QED) is 0.493. The summed E-state index contributed by atoms with van der Waals surface area (Å²) in [7, 11) is 0. The molecule has 104 valence electrons. The van der Waals surface area contributed by atoms with Gasteiger partial charge in [0.05, 0.1) is 6.10 Å². The van der Waals surface area contributed by atoms with E-state index >= 15 is 0 Å². The first-order valence-corrected chi connectivity index (χ1v) is 7.81. The molecule has 2 aromatic rings. The van der Waals surface area contributed by atoms with E-state index < -0.39 is 0 Å². The Kier molecular flexibility index (Phi) is 4.23. The van der Waals surface area contributed by atoms with Crippen molar-refractivity contribution in [1.82, 2.24) is 0 Å². The van der Waals surface area contributed by atoms with E-state index in [2.05, 4.69) is 24.3 Å².